The van der Waals surface area contributed by atoms with Gasteiger partial charge in [0.15, 0.2) is 5.76 Å². The largest absolute Gasteiger partial charge is 0.487 e. The van der Waals surface area contributed by atoms with Gasteiger partial charge in [0.2, 0.25) is 0 Å². The minimum absolute atomic E-state index is 0.0462. The molecule has 0 amide bonds. The first-order chi connectivity index (χ1) is 9.86. The van der Waals surface area contributed by atoms with Crippen LogP contribution in [0.4, 0.5) is 0 Å². The van der Waals surface area contributed by atoms with E-state index in [0.29, 0.717) is 12.4 Å². The molecule has 102 valence electrons. The Bertz CT molecular complexity index is 676. The van der Waals surface area contributed by atoms with Crippen LogP contribution >= 0.6 is 11.3 Å². The lowest BCUT2D eigenvalue weighted by Crippen LogP contribution is -1.98. The van der Waals surface area contributed by atoms with E-state index in [9.17, 15) is 5.11 Å². The van der Waals surface area contributed by atoms with Crippen molar-refractivity contribution >= 4 is 11.3 Å². The SMILES string of the molecule is OCc1ccccc1OCc1cc(-c2cccs2)on1. The van der Waals surface area contributed by atoms with Gasteiger partial charge in [0.25, 0.3) is 0 Å². The molecule has 3 aromatic rings. The Labute approximate surface area is 120 Å². The smallest absolute Gasteiger partial charge is 0.177 e. The zero-order valence-electron chi connectivity index (χ0n) is 10.7. The lowest BCUT2D eigenvalue weighted by atomic mass is 10.2. The molecule has 0 fully saturated rings. The summed E-state index contributed by atoms with van der Waals surface area (Å²) in [6.07, 6.45) is 0. The molecule has 1 N–H and O–H groups in total. The van der Waals surface area contributed by atoms with Gasteiger partial charge >= 0.3 is 0 Å². The Morgan fingerprint density at radius 2 is 2.10 bits per heavy atom. The van der Waals surface area contributed by atoms with Gasteiger partial charge in [0.1, 0.15) is 18.1 Å². The van der Waals surface area contributed by atoms with Gasteiger partial charge in [0.05, 0.1) is 11.5 Å². The van der Waals surface area contributed by atoms with Crippen LogP contribution in [0.15, 0.2) is 52.4 Å². The van der Waals surface area contributed by atoms with Crippen molar-refractivity contribution in [3.8, 4) is 16.4 Å². The standard InChI is InChI=1S/C15H13NO3S/c17-9-11-4-1-2-5-13(11)18-10-12-8-14(19-16-12)15-6-3-7-20-15/h1-8,17H,9-10H2. The van der Waals surface area contributed by atoms with Crippen molar-refractivity contribution in [2.24, 2.45) is 0 Å². The molecule has 0 bridgehead atoms. The van der Waals surface area contributed by atoms with E-state index < -0.39 is 0 Å². The number of para-hydroxylation sites is 1. The average Bonchev–Trinajstić information content (AvgIpc) is 3.16. The van der Waals surface area contributed by atoms with Gasteiger partial charge in [-0.25, -0.2) is 0 Å². The second-order valence-corrected chi connectivity index (χ2v) is 5.16. The van der Waals surface area contributed by atoms with Gasteiger partial charge in [-0.3, -0.25) is 0 Å². The number of aliphatic hydroxyl groups excluding tert-OH is 1. The third kappa shape index (κ3) is 2.74. The van der Waals surface area contributed by atoms with Crippen LogP contribution in [-0.2, 0) is 13.2 Å². The average molecular weight is 287 g/mol. The second-order valence-electron chi connectivity index (χ2n) is 4.21. The first-order valence-corrected chi connectivity index (χ1v) is 7.06. The molecule has 0 spiro atoms. The van der Waals surface area contributed by atoms with Crippen LogP contribution < -0.4 is 4.74 Å². The molecule has 2 aromatic heterocycles. The van der Waals surface area contributed by atoms with Crippen molar-refractivity contribution in [3.63, 3.8) is 0 Å². The van der Waals surface area contributed by atoms with Gasteiger partial charge in [-0.05, 0) is 17.5 Å². The molecule has 0 aliphatic heterocycles. The predicted molar refractivity (Wildman–Crippen MR) is 76.5 cm³/mol. The van der Waals surface area contributed by atoms with E-state index in [-0.39, 0.29) is 6.61 Å². The highest BCUT2D eigenvalue weighted by Crippen LogP contribution is 2.26. The minimum Gasteiger partial charge on any atom is -0.487 e. The molecule has 0 atom stereocenters. The predicted octanol–water partition coefficient (Wildman–Crippen LogP) is 3.47. The van der Waals surface area contributed by atoms with Crippen LogP contribution in [0.3, 0.4) is 0 Å². The molecule has 20 heavy (non-hydrogen) atoms. The molecule has 5 heteroatoms. The summed E-state index contributed by atoms with van der Waals surface area (Å²) in [6.45, 7) is 0.265. The van der Waals surface area contributed by atoms with Gasteiger partial charge in [-0.15, -0.1) is 11.3 Å². The maximum atomic E-state index is 9.23. The third-order valence-electron chi connectivity index (χ3n) is 2.84. The van der Waals surface area contributed by atoms with Crippen molar-refractivity contribution in [1.82, 2.24) is 5.16 Å². The van der Waals surface area contributed by atoms with E-state index in [4.69, 9.17) is 9.26 Å². The molecule has 3 rings (SSSR count). The fraction of sp³-hybridized carbons (Fsp3) is 0.133. The van der Waals surface area contributed by atoms with E-state index in [2.05, 4.69) is 5.16 Å². The van der Waals surface area contributed by atoms with Crippen molar-refractivity contribution in [2.45, 2.75) is 13.2 Å². The van der Waals surface area contributed by atoms with E-state index in [0.717, 1.165) is 21.9 Å². The second kappa shape index (κ2) is 5.90. The van der Waals surface area contributed by atoms with E-state index in [1.807, 2.05) is 47.8 Å². The number of hydrogen-bond acceptors (Lipinski definition) is 5. The molecule has 1 aromatic carbocycles. The minimum atomic E-state index is -0.0462. The van der Waals surface area contributed by atoms with E-state index in [1.54, 1.807) is 11.3 Å². The lowest BCUT2D eigenvalue weighted by molar-refractivity contribution is 0.254. The third-order valence-corrected chi connectivity index (χ3v) is 3.73. The summed E-state index contributed by atoms with van der Waals surface area (Å²) in [6, 6.07) is 13.2. The summed E-state index contributed by atoms with van der Waals surface area (Å²) >= 11 is 1.60. The summed E-state index contributed by atoms with van der Waals surface area (Å²) < 4.78 is 11.0. The molecular weight excluding hydrogens is 274 g/mol. The Kier molecular flexibility index (Phi) is 3.80. The summed E-state index contributed by atoms with van der Waals surface area (Å²) in [7, 11) is 0. The Balaban J connectivity index is 1.70. The number of rotatable bonds is 5. The monoisotopic (exact) mass is 287 g/mol. The van der Waals surface area contributed by atoms with Crippen LogP contribution in [-0.4, -0.2) is 10.3 Å². The number of hydrogen-bond donors (Lipinski definition) is 1. The molecule has 0 saturated carbocycles. The lowest BCUT2D eigenvalue weighted by Gasteiger charge is -2.07. The zero-order chi connectivity index (χ0) is 13.8. The number of aliphatic hydroxyl groups is 1. The number of benzene rings is 1. The van der Waals surface area contributed by atoms with Crippen molar-refractivity contribution in [3.05, 3.63) is 59.1 Å². The van der Waals surface area contributed by atoms with Gasteiger partial charge in [-0.1, -0.05) is 29.4 Å². The van der Waals surface area contributed by atoms with Crippen LogP contribution in [0.25, 0.3) is 10.6 Å². The summed E-state index contributed by atoms with van der Waals surface area (Å²) in [5.74, 6) is 1.41. The first kappa shape index (κ1) is 12.9. The number of ether oxygens (including phenoxy) is 1. The molecule has 2 heterocycles. The Hall–Kier alpha value is -2.11. The van der Waals surface area contributed by atoms with E-state index in [1.165, 1.54) is 0 Å². The fourth-order valence-corrected chi connectivity index (χ4v) is 2.51. The highest BCUT2D eigenvalue weighted by molar-refractivity contribution is 7.13. The van der Waals surface area contributed by atoms with Gasteiger partial charge in [-0.2, -0.15) is 0 Å². The Morgan fingerprint density at radius 1 is 1.20 bits per heavy atom. The first-order valence-electron chi connectivity index (χ1n) is 6.18. The van der Waals surface area contributed by atoms with Crippen molar-refractivity contribution in [1.29, 1.82) is 0 Å². The Morgan fingerprint density at radius 3 is 2.90 bits per heavy atom. The highest BCUT2D eigenvalue weighted by Gasteiger charge is 2.09. The number of thiophene rings is 1. The summed E-state index contributed by atoms with van der Waals surface area (Å²) in [5, 5.41) is 15.2. The van der Waals surface area contributed by atoms with Gasteiger partial charge < -0.3 is 14.4 Å². The quantitative estimate of drug-likeness (QED) is 0.780. The zero-order valence-corrected chi connectivity index (χ0v) is 11.5. The molecule has 4 nitrogen and oxygen atoms in total. The number of aromatic nitrogens is 1. The van der Waals surface area contributed by atoms with Crippen LogP contribution in [0.2, 0.25) is 0 Å². The van der Waals surface area contributed by atoms with Crippen LogP contribution in [0, 0.1) is 0 Å². The maximum Gasteiger partial charge on any atom is 0.177 e. The van der Waals surface area contributed by atoms with Crippen molar-refractivity contribution in [2.75, 3.05) is 0 Å². The van der Waals surface area contributed by atoms with Gasteiger partial charge in [0, 0.05) is 11.6 Å². The van der Waals surface area contributed by atoms with Crippen LogP contribution in [0.1, 0.15) is 11.3 Å². The number of nitrogens with zero attached hydrogens (tertiary/aromatic N) is 1. The molecular formula is C15H13NO3S. The molecule has 0 unspecified atom stereocenters. The molecule has 0 saturated heterocycles. The molecule has 0 radical (unpaired) electrons. The summed E-state index contributed by atoms with van der Waals surface area (Å²) in [5.41, 5.74) is 1.48. The molecule has 0 aliphatic rings. The topological polar surface area (TPSA) is 55.5 Å². The fourth-order valence-electron chi connectivity index (χ4n) is 1.84. The highest BCUT2D eigenvalue weighted by atomic mass is 32.1. The summed E-state index contributed by atoms with van der Waals surface area (Å²) in [4.78, 5) is 1.04. The van der Waals surface area contributed by atoms with Crippen LogP contribution in [0.5, 0.6) is 5.75 Å². The van der Waals surface area contributed by atoms with Crippen molar-refractivity contribution < 1.29 is 14.4 Å². The van der Waals surface area contributed by atoms with E-state index >= 15 is 0 Å². The maximum absolute atomic E-state index is 9.23. The normalized spacial score (nSPS) is 10.7. The molecule has 0 aliphatic carbocycles.